The van der Waals surface area contributed by atoms with Crippen molar-refractivity contribution in [2.24, 2.45) is 5.92 Å². The molecule has 2 amide bonds. The molecule has 4 aliphatic rings. The van der Waals surface area contributed by atoms with Gasteiger partial charge < -0.3 is 19.9 Å². The smallest absolute Gasteiger partial charge is 0.264 e. The van der Waals surface area contributed by atoms with Crippen molar-refractivity contribution in [3.8, 4) is 5.75 Å². The average Bonchev–Trinajstić information content (AvgIpc) is 2.59. The van der Waals surface area contributed by atoms with Crippen molar-refractivity contribution in [3.63, 3.8) is 0 Å². The lowest BCUT2D eigenvalue weighted by Gasteiger charge is -2.45. The Hall–Kier alpha value is -1.60. The molecule has 1 aromatic carbocycles. The topological polar surface area (TPSA) is 61.9 Å². The van der Waals surface area contributed by atoms with Gasteiger partial charge in [-0.05, 0) is 44.0 Å². The minimum absolute atomic E-state index is 0.0365. The highest BCUT2D eigenvalue weighted by Crippen LogP contribution is 2.38. The minimum atomic E-state index is -0.131. The number of carbonyl (C=O) groups excluding carboxylic acids is 2. The molecule has 3 saturated heterocycles. The summed E-state index contributed by atoms with van der Waals surface area (Å²) in [5.74, 6) is 0.796. The molecule has 24 heavy (non-hydrogen) atoms. The van der Waals surface area contributed by atoms with Gasteiger partial charge in [-0.1, -0.05) is 15.9 Å². The Labute approximate surface area is 149 Å². The van der Waals surface area contributed by atoms with E-state index < -0.39 is 0 Å². The quantitative estimate of drug-likeness (QED) is 0.829. The molecule has 1 unspecified atom stereocenters. The molecule has 4 aliphatic heterocycles. The van der Waals surface area contributed by atoms with Gasteiger partial charge in [0.25, 0.3) is 11.8 Å². The first-order valence-corrected chi connectivity index (χ1v) is 9.08. The lowest BCUT2D eigenvalue weighted by atomic mass is 9.84. The molecule has 1 aromatic rings. The lowest BCUT2D eigenvalue weighted by molar-refractivity contribution is -0.121. The van der Waals surface area contributed by atoms with Crippen LogP contribution in [0.1, 0.15) is 23.2 Å². The van der Waals surface area contributed by atoms with Crippen molar-refractivity contribution in [1.29, 1.82) is 0 Å². The molecule has 2 bridgehead atoms. The van der Waals surface area contributed by atoms with Crippen LogP contribution < -0.4 is 15.0 Å². The van der Waals surface area contributed by atoms with Gasteiger partial charge in [0, 0.05) is 24.1 Å². The van der Waals surface area contributed by atoms with E-state index in [1.807, 2.05) is 0 Å². The lowest BCUT2D eigenvalue weighted by Crippen LogP contribution is -2.57. The Kier molecular flexibility index (Phi) is 4.00. The van der Waals surface area contributed by atoms with Gasteiger partial charge in [-0.25, -0.2) is 0 Å². The monoisotopic (exact) mass is 393 g/mol. The van der Waals surface area contributed by atoms with E-state index in [1.165, 1.54) is 4.90 Å². The molecule has 4 heterocycles. The SMILES string of the molecule is CN1C(=O)COc2c(C(=O)NC3CN4CCC3CC4)cc(Br)cc21. The Bertz CT molecular complexity index is 701. The van der Waals surface area contributed by atoms with Gasteiger partial charge in [0.1, 0.15) is 0 Å². The van der Waals surface area contributed by atoms with Gasteiger partial charge in [0.2, 0.25) is 0 Å². The van der Waals surface area contributed by atoms with Crippen molar-refractivity contribution >= 4 is 33.4 Å². The Morgan fingerprint density at radius 3 is 2.75 bits per heavy atom. The van der Waals surface area contributed by atoms with Crippen LogP contribution in [0, 0.1) is 5.92 Å². The largest absolute Gasteiger partial charge is 0.481 e. The molecule has 1 atom stereocenters. The van der Waals surface area contributed by atoms with Crippen LogP contribution in [0.2, 0.25) is 0 Å². The summed E-state index contributed by atoms with van der Waals surface area (Å²) >= 11 is 3.43. The number of hydrogen-bond acceptors (Lipinski definition) is 4. The average molecular weight is 394 g/mol. The summed E-state index contributed by atoms with van der Waals surface area (Å²) in [6.07, 6.45) is 2.30. The van der Waals surface area contributed by atoms with E-state index in [0.29, 0.717) is 22.9 Å². The zero-order chi connectivity index (χ0) is 16.8. The fourth-order valence-corrected chi connectivity index (χ4v) is 4.33. The number of anilines is 1. The molecule has 3 fully saturated rings. The summed E-state index contributed by atoms with van der Waals surface area (Å²) in [5, 5.41) is 3.19. The number of piperidine rings is 3. The van der Waals surface area contributed by atoms with E-state index in [4.69, 9.17) is 4.74 Å². The van der Waals surface area contributed by atoms with E-state index >= 15 is 0 Å². The van der Waals surface area contributed by atoms with Crippen LogP contribution in [-0.2, 0) is 4.79 Å². The molecule has 0 aliphatic carbocycles. The van der Waals surface area contributed by atoms with E-state index in [2.05, 4.69) is 26.1 Å². The van der Waals surface area contributed by atoms with Gasteiger partial charge >= 0.3 is 0 Å². The van der Waals surface area contributed by atoms with E-state index in [0.717, 1.165) is 36.9 Å². The highest BCUT2D eigenvalue weighted by Gasteiger charge is 2.36. The van der Waals surface area contributed by atoms with Gasteiger partial charge in [0.05, 0.1) is 11.3 Å². The second-order valence-electron chi connectivity index (χ2n) is 6.76. The Morgan fingerprint density at radius 2 is 2.08 bits per heavy atom. The molecule has 0 radical (unpaired) electrons. The number of benzene rings is 1. The first-order chi connectivity index (χ1) is 11.5. The fourth-order valence-electron chi connectivity index (χ4n) is 3.89. The number of carbonyl (C=O) groups is 2. The molecular weight excluding hydrogens is 374 g/mol. The summed E-state index contributed by atoms with van der Waals surface area (Å²) in [6, 6.07) is 3.76. The number of rotatable bonds is 2. The number of nitrogens with one attached hydrogen (secondary N) is 1. The van der Waals surface area contributed by atoms with Crippen LogP contribution in [0.4, 0.5) is 5.69 Å². The molecular formula is C17H20BrN3O3. The van der Waals surface area contributed by atoms with E-state index in [9.17, 15) is 9.59 Å². The molecule has 0 spiro atoms. The summed E-state index contributed by atoms with van der Waals surface area (Å²) in [6.45, 7) is 3.16. The van der Waals surface area contributed by atoms with E-state index in [1.54, 1.807) is 19.2 Å². The van der Waals surface area contributed by atoms with Crippen molar-refractivity contribution in [2.45, 2.75) is 18.9 Å². The van der Waals surface area contributed by atoms with Crippen molar-refractivity contribution < 1.29 is 14.3 Å². The van der Waals surface area contributed by atoms with Gasteiger partial charge in [0.15, 0.2) is 12.4 Å². The number of likely N-dealkylation sites (N-methyl/N-ethyl adjacent to an activating group) is 1. The molecule has 0 aromatic heterocycles. The second kappa shape index (κ2) is 6.04. The zero-order valence-corrected chi connectivity index (χ0v) is 15.1. The van der Waals surface area contributed by atoms with Crippen molar-refractivity contribution in [1.82, 2.24) is 10.2 Å². The van der Waals surface area contributed by atoms with Crippen LogP contribution in [0.3, 0.4) is 0 Å². The molecule has 5 rings (SSSR count). The maximum absolute atomic E-state index is 12.9. The number of ether oxygens (including phenoxy) is 1. The summed E-state index contributed by atoms with van der Waals surface area (Å²) in [4.78, 5) is 28.6. The van der Waals surface area contributed by atoms with Crippen LogP contribution >= 0.6 is 15.9 Å². The highest BCUT2D eigenvalue weighted by molar-refractivity contribution is 9.10. The number of nitrogens with zero attached hydrogens (tertiary/aromatic N) is 2. The first-order valence-electron chi connectivity index (χ1n) is 8.29. The molecule has 1 N–H and O–H groups in total. The summed E-state index contributed by atoms with van der Waals surface area (Å²) in [7, 11) is 1.70. The maximum Gasteiger partial charge on any atom is 0.264 e. The second-order valence-corrected chi connectivity index (χ2v) is 7.68. The van der Waals surface area contributed by atoms with Crippen LogP contribution in [-0.4, -0.2) is 56.0 Å². The van der Waals surface area contributed by atoms with Gasteiger partial charge in [-0.3, -0.25) is 9.59 Å². The third-order valence-corrected chi connectivity index (χ3v) is 5.78. The first kappa shape index (κ1) is 15.9. The zero-order valence-electron chi connectivity index (χ0n) is 13.5. The van der Waals surface area contributed by atoms with E-state index in [-0.39, 0.29) is 24.5 Å². The molecule has 0 saturated carbocycles. The standard InChI is InChI=1S/C17H20BrN3O3/c1-20-14-7-11(18)6-12(16(14)24-9-15(20)22)17(23)19-13-8-21-4-2-10(13)3-5-21/h6-7,10,13H,2-5,8-9H2,1H3,(H,19,23). The fraction of sp³-hybridized carbons (Fsp3) is 0.529. The minimum Gasteiger partial charge on any atom is -0.481 e. The molecule has 7 heteroatoms. The number of amides is 2. The number of fused-ring (bicyclic) bond motifs is 4. The Morgan fingerprint density at radius 1 is 1.33 bits per heavy atom. The third kappa shape index (κ3) is 2.69. The van der Waals surface area contributed by atoms with Crippen molar-refractivity contribution in [3.05, 3.63) is 22.2 Å². The van der Waals surface area contributed by atoms with Gasteiger partial charge in [-0.2, -0.15) is 0 Å². The normalized spacial score (nSPS) is 28.3. The van der Waals surface area contributed by atoms with Crippen molar-refractivity contribution in [2.75, 3.05) is 38.2 Å². The third-order valence-electron chi connectivity index (χ3n) is 5.33. The highest BCUT2D eigenvalue weighted by atomic mass is 79.9. The predicted molar refractivity (Wildman–Crippen MR) is 93.5 cm³/mol. The molecule has 128 valence electrons. The van der Waals surface area contributed by atoms with Crippen LogP contribution in [0.25, 0.3) is 0 Å². The predicted octanol–water partition coefficient (Wildman–Crippen LogP) is 1.63. The van der Waals surface area contributed by atoms with Crippen LogP contribution in [0.15, 0.2) is 16.6 Å². The summed E-state index contributed by atoms with van der Waals surface area (Å²) < 4.78 is 6.34. The summed E-state index contributed by atoms with van der Waals surface area (Å²) in [5.41, 5.74) is 1.11. The Balaban J connectivity index is 1.61. The maximum atomic E-state index is 12.9. The number of hydrogen-bond donors (Lipinski definition) is 1. The molecule has 6 nitrogen and oxygen atoms in total. The van der Waals surface area contributed by atoms with Gasteiger partial charge in [-0.15, -0.1) is 0 Å². The number of halogens is 1. The van der Waals surface area contributed by atoms with Crippen LogP contribution in [0.5, 0.6) is 5.75 Å².